The van der Waals surface area contributed by atoms with E-state index in [4.69, 9.17) is 11.6 Å². The monoisotopic (exact) mass is 418 g/mol. The van der Waals surface area contributed by atoms with Crippen LogP contribution in [-0.2, 0) is 6.42 Å². The Labute approximate surface area is 182 Å². The number of fused-ring (bicyclic) bond motifs is 2. The number of benzene rings is 1. The van der Waals surface area contributed by atoms with Gasteiger partial charge in [0.25, 0.3) is 5.91 Å². The first-order valence-electron chi connectivity index (χ1n) is 11.9. The maximum atomic E-state index is 12.9. The van der Waals surface area contributed by atoms with Gasteiger partial charge in [-0.1, -0.05) is 63.1 Å². The lowest BCUT2D eigenvalue weighted by molar-refractivity contribution is 0.0682. The summed E-state index contributed by atoms with van der Waals surface area (Å²) in [5, 5.41) is 7.31. The van der Waals surface area contributed by atoms with E-state index in [0.717, 1.165) is 38.4 Å². The molecule has 3 nitrogen and oxygen atoms in total. The van der Waals surface area contributed by atoms with Crippen molar-refractivity contribution >= 4 is 17.5 Å². The molecule has 0 aromatic heterocycles. The molecule has 0 aliphatic heterocycles. The van der Waals surface area contributed by atoms with Crippen LogP contribution in [0.15, 0.2) is 18.2 Å². The van der Waals surface area contributed by atoms with Crippen LogP contribution < -0.4 is 10.6 Å². The number of hydrogen-bond acceptors (Lipinski definition) is 2. The molecule has 29 heavy (non-hydrogen) atoms. The molecule has 2 N–H and O–H groups in total. The highest BCUT2D eigenvalue weighted by atomic mass is 35.5. The zero-order chi connectivity index (χ0) is 20.5. The third-order valence-electron chi connectivity index (χ3n) is 7.04. The number of nitrogens with one attached hydrogen (secondary N) is 2. The van der Waals surface area contributed by atoms with Gasteiger partial charge in [0, 0.05) is 6.54 Å². The number of rotatable bonds is 11. The number of carbonyl (C=O) groups is 1. The van der Waals surface area contributed by atoms with Gasteiger partial charge in [0.2, 0.25) is 0 Å². The van der Waals surface area contributed by atoms with Crippen LogP contribution in [0.25, 0.3) is 0 Å². The Morgan fingerprint density at radius 3 is 2.66 bits per heavy atom. The van der Waals surface area contributed by atoms with Crippen molar-refractivity contribution in [3.05, 3.63) is 34.3 Å². The summed E-state index contributed by atoms with van der Waals surface area (Å²) >= 11 is 6.37. The number of amides is 1. The molecule has 2 aliphatic rings. The molecule has 0 radical (unpaired) electrons. The molecule has 4 heteroatoms. The molecule has 2 fully saturated rings. The van der Waals surface area contributed by atoms with E-state index in [2.05, 4.69) is 23.6 Å². The van der Waals surface area contributed by atoms with E-state index in [9.17, 15) is 4.79 Å². The molecule has 162 valence electrons. The Bertz CT molecular complexity index is 650. The standard InChI is InChI=1S/C25H39ClN2O/c1-2-3-4-15-27-16-7-10-20-11-12-23(26)22(17-20)24(29)28-19-25-13-5-8-21(18-25)9-6-14-25/h11-12,17,21,27H,2-10,13-16,18-19H2,1H3,(H,28,29). The van der Waals surface area contributed by atoms with E-state index in [1.807, 2.05) is 12.1 Å². The minimum Gasteiger partial charge on any atom is -0.351 e. The van der Waals surface area contributed by atoms with Gasteiger partial charge in [-0.05, 0) is 80.6 Å². The van der Waals surface area contributed by atoms with Crippen molar-refractivity contribution in [1.82, 2.24) is 10.6 Å². The van der Waals surface area contributed by atoms with Gasteiger partial charge in [-0.2, -0.15) is 0 Å². The molecule has 0 saturated heterocycles. The van der Waals surface area contributed by atoms with Crippen molar-refractivity contribution < 1.29 is 4.79 Å². The fourth-order valence-electron chi connectivity index (χ4n) is 5.38. The van der Waals surface area contributed by atoms with Crippen molar-refractivity contribution in [2.24, 2.45) is 11.3 Å². The zero-order valence-electron chi connectivity index (χ0n) is 18.2. The summed E-state index contributed by atoms with van der Waals surface area (Å²) < 4.78 is 0. The van der Waals surface area contributed by atoms with Gasteiger partial charge in [0.05, 0.1) is 10.6 Å². The Morgan fingerprint density at radius 2 is 1.90 bits per heavy atom. The predicted molar refractivity (Wildman–Crippen MR) is 123 cm³/mol. The van der Waals surface area contributed by atoms with Gasteiger partial charge in [-0.15, -0.1) is 0 Å². The first kappa shape index (κ1) is 22.6. The van der Waals surface area contributed by atoms with Crippen molar-refractivity contribution in [2.75, 3.05) is 19.6 Å². The second-order valence-electron chi connectivity index (χ2n) is 9.41. The molecule has 1 aromatic carbocycles. The Kier molecular flexibility index (Phi) is 8.86. The summed E-state index contributed by atoms with van der Waals surface area (Å²) in [6.07, 6.45) is 15.1. The summed E-state index contributed by atoms with van der Waals surface area (Å²) in [5.41, 5.74) is 2.17. The zero-order valence-corrected chi connectivity index (χ0v) is 19.0. The number of unbranched alkanes of at least 4 members (excludes halogenated alkanes) is 2. The fourth-order valence-corrected chi connectivity index (χ4v) is 5.58. The van der Waals surface area contributed by atoms with Crippen molar-refractivity contribution in [3.63, 3.8) is 0 Å². The highest BCUT2D eigenvalue weighted by Gasteiger charge is 2.39. The first-order valence-corrected chi connectivity index (χ1v) is 12.3. The SMILES string of the molecule is CCCCCNCCCc1ccc(Cl)c(C(=O)NCC23CCCC(CCC2)C3)c1. The summed E-state index contributed by atoms with van der Waals surface area (Å²) in [6.45, 7) is 5.17. The molecule has 1 aromatic rings. The molecule has 1 amide bonds. The van der Waals surface area contributed by atoms with Gasteiger partial charge < -0.3 is 10.6 Å². The number of carbonyl (C=O) groups excluding carboxylic acids is 1. The van der Waals surface area contributed by atoms with E-state index in [0.29, 0.717) is 16.0 Å². The van der Waals surface area contributed by atoms with E-state index in [1.54, 1.807) is 0 Å². The Morgan fingerprint density at radius 1 is 1.14 bits per heavy atom. The van der Waals surface area contributed by atoms with Crippen LogP contribution in [0.5, 0.6) is 0 Å². The van der Waals surface area contributed by atoms with Crippen LogP contribution in [-0.4, -0.2) is 25.5 Å². The van der Waals surface area contributed by atoms with E-state index < -0.39 is 0 Å². The lowest BCUT2D eigenvalue weighted by atomic mass is 9.62. The quantitative estimate of drug-likeness (QED) is 0.423. The van der Waals surface area contributed by atoms with Gasteiger partial charge >= 0.3 is 0 Å². The lowest BCUT2D eigenvalue weighted by Crippen LogP contribution is -2.43. The minimum atomic E-state index is -0.00314. The predicted octanol–water partition coefficient (Wildman–Crippen LogP) is 6.14. The molecule has 0 atom stereocenters. The topological polar surface area (TPSA) is 41.1 Å². The van der Waals surface area contributed by atoms with E-state index in [-0.39, 0.29) is 5.91 Å². The molecular formula is C25H39ClN2O. The van der Waals surface area contributed by atoms with Crippen LogP contribution in [0, 0.1) is 11.3 Å². The van der Waals surface area contributed by atoms with Gasteiger partial charge in [0.15, 0.2) is 0 Å². The maximum Gasteiger partial charge on any atom is 0.252 e. The highest BCUT2D eigenvalue weighted by molar-refractivity contribution is 6.33. The summed E-state index contributed by atoms with van der Waals surface area (Å²) in [4.78, 5) is 12.9. The number of hydrogen-bond donors (Lipinski definition) is 2. The lowest BCUT2D eigenvalue weighted by Gasteiger charge is -2.45. The third-order valence-corrected chi connectivity index (χ3v) is 7.37. The molecular weight excluding hydrogens is 380 g/mol. The molecule has 2 aliphatic carbocycles. The minimum absolute atomic E-state index is 0.00314. The van der Waals surface area contributed by atoms with Crippen LogP contribution in [0.4, 0.5) is 0 Å². The molecule has 3 rings (SSSR count). The van der Waals surface area contributed by atoms with Crippen LogP contribution in [0.2, 0.25) is 5.02 Å². The van der Waals surface area contributed by atoms with E-state index in [1.165, 1.54) is 69.8 Å². The smallest absolute Gasteiger partial charge is 0.252 e. The van der Waals surface area contributed by atoms with E-state index >= 15 is 0 Å². The van der Waals surface area contributed by atoms with Gasteiger partial charge in [-0.25, -0.2) is 0 Å². The van der Waals surface area contributed by atoms with Crippen molar-refractivity contribution in [3.8, 4) is 0 Å². The number of halogens is 1. The Balaban J connectivity index is 1.48. The molecule has 2 bridgehead atoms. The molecule has 0 heterocycles. The summed E-state index contributed by atoms with van der Waals surface area (Å²) in [7, 11) is 0. The average molecular weight is 419 g/mol. The summed E-state index contributed by atoms with van der Waals surface area (Å²) in [6, 6.07) is 5.94. The third kappa shape index (κ3) is 6.72. The largest absolute Gasteiger partial charge is 0.351 e. The van der Waals surface area contributed by atoms with Gasteiger partial charge in [0.1, 0.15) is 0 Å². The highest BCUT2D eigenvalue weighted by Crippen LogP contribution is 2.48. The normalized spacial score (nSPS) is 23.7. The van der Waals surface area contributed by atoms with Crippen molar-refractivity contribution in [1.29, 1.82) is 0 Å². The van der Waals surface area contributed by atoms with Crippen LogP contribution in [0.1, 0.15) is 93.5 Å². The van der Waals surface area contributed by atoms with Gasteiger partial charge in [-0.3, -0.25) is 4.79 Å². The van der Waals surface area contributed by atoms with Crippen molar-refractivity contribution in [2.45, 2.75) is 84.0 Å². The maximum absolute atomic E-state index is 12.9. The van der Waals surface area contributed by atoms with Crippen LogP contribution >= 0.6 is 11.6 Å². The summed E-state index contributed by atoms with van der Waals surface area (Å²) in [5.74, 6) is 0.883. The molecule has 2 saturated carbocycles. The Hall–Kier alpha value is -1.06. The fraction of sp³-hybridized carbons (Fsp3) is 0.720. The average Bonchev–Trinajstić information content (AvgIpc) is 2.72. The second-order valence-corrected chi connectivity index (χ2v) is 9.82. The molecule has 0 unspecified atom stereocenters. The molecule has 0 spiro atoms. The second kappa shape index (κ2) is 11.4. The first-order chi connectivity index (χ1) is 14.1. The van der Waals surface area contributed by atoms with Crippen LogP contribution in [0.3, 0.4) is 0 Å². The number of aryl methyl sites for hydroxylation is 1.